The van der Waals surface area contributed by atoms with Crippen LogP contribution in [0, 0.1) is 11.6 Å². The Hall–Kier alpha value is -5.07. The second-order valence-electron chi connectivity index (χ2n) is 11.8. The third kappa shape index (κ3) is 7.56. The first kappa shape index (κ1) is 34.3. The quantitative estimate of drug-likeness (QED) is 0.163. The third-order valence-electron chi connectivity index (χ3n) is 7.98. The summed E-state index contributed by atoms with van der Waals surface area (Å²) >= 11 is 1.30. The predicted molar refractivity (Wildman–Crippen MR) is 186 cm³/mol. The summed E-state index contributed by atoms with van der Waals surface area (Å²) in [7, 11) is 5.02. The zero-order valence-electron chi connectivity index (χ0n) is 27.3. The molecule has 2 aromatic heterocycles. The van der Waals surface area contributed by atoms with Crippen LogP contribution in [-0.4, -0.2) is 53.7 Å². The topological polar surface area (TPSA) is 95.9 Å². The van der Waals surface area contributed by atoms with Gasteiger partial charge in [0.25, 0.3) is 0 Å². The van der Waals surface area contributed by atoms with Gasteiger partial charge in [0.2, 0.25) is 5.43 Å². The second-order valence-corrected chi connectivity index (χ2v) is 12.8. The molecule has 0 saturated heterocycles. The van der Waals surface area contributed by atoms with Gasteiger partial charge in [-0.2, -0.15) is 0 Å². The number of hydrogen-bond donors (Lipinski definition) is 2. The van der Waals surface area contributed by atoms with Crippen LogP contribution >= 0.6 is 11.3 Å². The smallest absolute Gasteiger partial charge is 0.404 e. The number of aromatic nitrogens is 1. The van der Waals surface area contributed by atoms with Crippen molar-refractivity contribution in [1.82, 2.24) is 19.7 Å². The number of nitrogens with one attached hydrogen (secondary N) is 2. The average molecular weight is 674 g/mol. The Morgan fingerprint density at radius 1 is 0.917 bits per heavy atom. The maximum atomic E-state index is 15.0. The number of ether oxygens (including phenoxy) is 1. The molecule has 0 fully saturated rings. The Morgan fingerprint density at radius 3 is 2.21 bits per heavy atom. The number of thiophene rings is 1. The van der Waals surface area contributed by atoms with Crippen molar-refractivity contribution >= 4 is 39.4 Å². The van der Waals surface area contributed by atoms with Gasteiger partial charge in [0, 0.05) is 49.4 Å². The van der Waals surface area contributed by atoms with E-state index in [1.165, 1.54) is 47.7 Å². The highest BCUT2D eigenvalue weighted by molar-refractivity contribution is 7.22. The van der Waals surface area contributed by atoms with Gasteiger partial charge in [-0.3, -0.25) is 9.69 Å². The van der Waals surface area contributed by atoms with E-state index >= 15 is 0 Å². The second kappa shape index (κ2) is 14.8. The Balaban J connectivity index is 1.71. The third-order valence-corrected chi connectivity index (χ3v) is 9.30. The fraction of sp³-hybridized carbons (Fsp3) is 0.250. The Morgan fingerprint density at radius 2 is 1.58 bits per heavy atom. The van der Waals surface area contributed by atoms with Crippen molar-refractivity contribution in [2.45, 2.75) is 39.5 Å². The fourth-order valence-corrected chi connectivity index (χ4v) is 6.48. The van der Waals surface area contributed by atoms with Crippen LogP contribution < -0.4 is 20.8 Å². The summed E-state index contributed by atoms with van der Waals surface area (Å²) in [5, 5.41) is 5.54. The summed E-state index contributed by atoms with van der Waals surface area (Å²) in [6.07, 6.45) is 0.610. The molecular formula is C36H37F2N5O4S. The lowest BCUT2D eigenvalue weighted by atomic mass is 10.0. The van der Waals surface area contributed by atoms with E-state index in [4.69, 9.17) is 4.74 Å². The van der Waals surface area contributed by atoms with E-state index in [2.05, 4.69) is 15.5 Å². The highest BCUT2D eigenvalue weighted by Crippen LogP contribution is 2.40. The number of urea groups is 1. The minimum atomic E-state index is -0.737. The maximum Gasteiger partial charge on any atom is 0.415 e. The number of carbonyl (C=O) groups excluding carboxylic acids is 2. The first-order valence-electron chi connectivity index (χ1n) is 15.3. The van der Waals surface area contributed by atoms with Crippen molar-refractivity contribution in [3.05, 3.63) is 118 Å². The Labute approximate surface area is 281 Å². The normalized spacial score (nSPS) is 11.3. The van der Waals surface area contributed by atoms with E-state index in [1.54, 1.807) is 23.7 Å². The number of anilines is 1. The molecule has 3 aromatic carbocycles. The molecule has 3 amide bonds. The molecule has 0 unspecified atom stereocenters. The average Bonchev–Trinajstić information content (AvgIpc) is 3.44. The van der Waals surface area contributed by atoms with E-state index in [0.717, 1.165) is 16.0 Å². The molecule has 48 heavy (non-hydrogen) atoms. The lowest BCUT2D eigenvalue weighted by Gasteiger charge is -2.21. The van der Waals surface area contributed by atoms with E-state index in [1.807, 2.05) is 63.4 Å². The molecule has 0 aliphatic carbocycles. The molecule has 250 valence electrons. The number of fused-ring (bicyclic) bond motifs is 1. The molecule has 12 heteroatoms. The van der Waals surface area contributed by atoms with E-state index < -0.39 is 23.2 Å². The number of nitrogens with zero attached hydrogens (tertiary/aromatic N) is 3. The SMILES string of the molecule is CNC(=O)Nc1ccc(-c2sc3c(c2CN(C)Cc2ccccc2)c(=O)c(OC(=O)N(C)C(C)C)cn3Cc2c(F)cccc2F)cc1. The lowest BCUT2D eigenvalue weighted by molar-refractivity contribution is 0.151. The van der Waals surface area contributed by atoms with Crippen molar-refractivity contribution in [2.75, 3.05) is 26.5 Å². The summed E-state index contributed by atoms with van der Waals surface area (Å²) in [6.45, 7) is 4.27. The number of halogens is 2. The molecule has 5 rings (SSSR count). The van der Waals surface area contributed by atoms with Crippen LogP contribution in [-0.2, 0) is 19.6 Å². The van der Waals surface area contributed by atoms with Crippen LogP contribution in [0.4, 0.5) is 24.1 Å². The number of rotatable bonds is 10. The van der Waals surface area contributed by atoms with Gasteiger partial charge in [-0.25, -0.2) is 18.4 Å². The molecule has 0 bridgehead atoms. The van der Waals surface area contributed by atoms with Gasteiger partial charge in [0.15, 0.2) is 5.75 Å². The first-order valence-corrected chi connectivity index (χ1v) is 16.2. The highest BCUT2D eigenvalue weighted by atomic mass is 32.1. The summed E-state index contributed by atoms with van der Waals surface area (Å²) in [4.78, 5) is 43.8. The van der Waals surface area contributed by atoms with Gasteiger partial charge in [-0.15, -0.1) is 11.3 Å². The molecule has 5 aromatic rings. The van der Waals surface area contributed by atoms with Crippen molar-refractivity contribution in [3.8, 4) is 16.2 Å². The summed E-state index contributed by atoms with van der Waals surface area (Å²) in [5.74, 6) is -1.73. The number of benzene rings is 3. The molecule has 0 atom stereocenters. The van der Waals surface area contributed by atoms with E-state index in [9.17, 15) is 23.2 Å². The summed E-state index contributed by atoms with van der Waals surface area (Å²) in [5.41, 5.74) is 2.38. The largest absolute Gasteiger partial charge is 0.415 e. The van der Waals surface area contributed by atoms with Gasteiger partial charge in [0.05, 0.1) is 18.1 Å². The van der Waals surface area contributed by atoms with Gasteiger partial charge >= 0.3 is 12.1 Å². The zero-order valence-corrected chi connectivity index (χ0v) is 28.2. The molecule has 9 nitrogen and oxygen atoms in total. The summed E-state index contributed by atoms with van der Waals surface area (Å²) < 4.78 is 37.1. The number of carbonyl (C=O) groups is 2. The van der Waals surface area contributed by atoms with Crippen molar-refractivity contribution < 1.29 is 23.1 Å². The predicted octanol–water partition coefficient (Wildman–Crippen LogP) is 7.28. The molecule has 0 radical (unpaired) electrons. The van der Waals surface area contributed by atoms with Crippen molar-refractivity contribution in [2.24, 2.45) is 0 Å². The molecule has 0 spiro atoms. The Bertz CT molecular complexity index is 1970. The maximum absolute atomic E-state index is 15.0. The number of amides is 3. The van der Waals surface area contributed by atoms with Crippen molar-refractivity contribution in [3.63, 3.8) is 0 Å². The molecule has 0 aliphatic rings. The minimum Gasteiger partial charge on any atom is -0.404 e. The van der Waals surface area contributed by atoms with Crippen LogP contribution in [0.1, 0.15) is 30.5 Å². The van der Waals surface area contributed by atoms with E-state index in [0.29, 0.717) is 29.2 Å². The number of hydrogen-bond acceptors (Lipinski definition) is 6. The van der Waals surface area contributed by atoms with Gasteiger partial charge < -0.3 is 24.8 Å². The zero-order chi connectivity index (χ0) is 34.5. The lowest BCUT2D eigenvalue weighted by Crippen LogP contribution is -2.36. The van der Waals surface area contributed by atoms with Gasteiger partial charge in [0.1, 0.15) is 16.5 Å². The highest BCUT2D eigenvalue weighted by Gasteiger charge is 2.25. The van der Waals surface area contributed by atoms with Crippen LogP contribution in [0.2, 0.25) is 0 Å². The van der Waals surface area contributed by atoms with Crippen LogP contribution in [0.3, 0.4) is 0 Å². The Kier molecular flexibility index (Phi) is 10.6. The van der Waals surface area contributed by atoms with Crippen LogP contribution in [0.5, 0.6) is 5.75 Å². The minimum absolute atomic E-state index is 0.193. The fourth-order valence-electron chi connectivity index (χ4n) is 5.19. The molecule has 2 heterocycles. The van der Waals surface area contributed by atoms with Gasteiger partial charge in [-0.1, -0.05) is 48.5 Å². The molecular weight excluding hydrogens is 636 g/mol. The van der Waals surface area contributed by atoms with Crippen LogP contribution in [0.15, 0.2) is 83.8 Å². The summed E-state index contributed by atoms with van der Waals surface area (Å²) in [6, 6.07) is 20.1. The van der Waals surface area contributed by atoms with Crippen molar-refractivity contribution in [1.29, 1.82) is 0 Å². The standard InChI is InChI=1S/C36H37F2N5O4S/c1-22(2)42(5)36(46)47-30-21-43(20-26-28(37)12-9-13-29(26)38)34-31(32(30)44)27(19-41(4)18-23-10-7-6-8-11-23)33(48-34)24-14-16-25(17-15-24)40-35(45)39-3/h6-17,21-22H,18-20H2,1-5H3,(H2,39,40,45). The monoisotopic (exact) mass is 673 g/mol. The first-order chi connectivity index (χ1) is 23.0. The molecule has 0 aliphatic heterocycles. The van der Waals surface area contributed by atoms with E-state index in [-0.39, 0.29) is 35.3 Å². The van der Waals surface area contributed by atoms with Gasteiger partial charge in [-0.05, 0) is 61.9 Å². The number of pyridine rings is 1. The van der Waals surface area contributed by atoms with Crippen LogP contribution in [0.25, 0.3) is 20.7 Å². The molecule has 2 N–H and O–H groups in total. The molecule has 0 saturated carbocycles.